The van der Waals surface area contributed by atoms with E-state index in [9.17, 15) is 0 Å². The molecular weight excluding hydrogens is 322 g/mol. The predicted molar refractivity (Wildman–Crippen MR) is 92.7 cm³/mol. The number of hydrogen-bond donors (Lipinski definition) is 1. The van der Waals surface area contributed by atoms with Gasteiger partial charge in [0.15, 0.2) is 0 Å². The molecule has 0 radical (unpaired) electrons. The molecule has 2 aromatic rings. The van der Waals surface area contributed by atoms with Crippen molar-refractivity contribution in [3.8, 4) is 0 Å². The van der Waals surface area contributed by atoms with Crippen LogP contribution in [0.4, 0.5) is 0 Å². The van der Waals surface area contributed by atoms with Gasteiger partial charge in [0.1, 0.15) is 0 Å². The number of rotatable bonds is 3. The molecule has 0 saturated heterocycles. The van der Waals surface area contributed by atoms with Gasteiger partial charge in [0.05, 0.1) is 0 Å². The highest BCUT2D eigenvalue weighted by Gasteiger charge is 2.21. The largest absolute Gasteiger partial charge is 0.307 e. The van der Waals surface area contributed by atoms with Crippen molar-refractivity contribution in [2.24, 2.45) is 0 Å². The summed E-state index contributed by atoms with van der Waals surface area (Å²) in [7, 11) is 0. The third-order valence-electron chi connectivity index (χ3n) is 4.49. The van der Waals surface area contributed by atoms with Gasteiger partial charge in [-0.3, -0.25) is 0 Å². The average Bonchev–Trinajstić information content (AvgIpc) is 2.49. The molecule has 1 aliphatic rings. The molecule has 0 aliphatic heterocycles. The molecule has 0 aromatic heterocycles. The molecule has 1 N–H and O–H groups in total. The van der Waals surface area contributed by atoms with E-state index in [1.165, 1.54) is 39.6 Å². The highest BCUT2D eigenvalue weighted by Crippen LogP contribution is 2.28. The first-order valence-electron chi connectivity index (χ1n) is 7.72. The number of benzene rings is 2. The molecule has 3 rings (SSSR count). The van der Waals surface area contributed by atoms with E-state index in [0.717, 1.165) is 6.42 Å². The van der Waals surface area contributed by atoms with E-state index in [2.05, 4.69) is 77.6 Å². The Balaban J connectivity index is 1.70. The summed E-state index contributed by atoms with van der Waals surface area (Å²) in [6.07, 6.45) is 3.54. The van der Waals surface area contributed by atoms with E-state index in [1.807, 2.05) is 0 Å². The zero-order valence-electron chi connectivity index (χ0n) is 12.7. The van der Waals surface area contributed by atoms with E-state index in [1.54, 1.807) is 0 Å². The van der Waals surface area contributed by atoms with Crippen LogP contribution in [0.25, 0.3) is 0 Å². The fraction of sp³-hybridized carbons (Fsp3) is 0.368. The molecule has 0 unspecified atom stereocenters. The van der Waals surface area contributed by atoms with Gasteiger partial charge in [-0.05, 0) is 61.4 Å². The van der Waals surface area contributed by atoms with Gasteiger partial charge in [0.25, 0.3) is 0 Å². The first-order valence-corrected chi connectivity index (χ1v) is 8.51. The summed E-state index contributed by atoms with van der Waals surface area (Å²) >= 11 is 3.64. The van der Waals surface area contributed by atoms with Crippen molar-refractivity contribution in [1.82, 2.24) is 5.32 Å². The molecule has 21 heavy (non-hydrogen) atoms. The first kappa shape index (κ1) is 14.8. The summed E-state index contributed by atoms with van der Waals surface area (Å²) in [5.74, 6) is 0. The van der Waals surface area contributed by atoms with Crippen LogP contribution < -0.4 is 5.32 Å². The Bertz CT molecular complexity index is 621. The molecule has 2 aromatic carbocycles. The molecule has 0 fully saturated rings. The number of fused-ring (bicyclic) bond motifs is 1. The highest BCUT2D eigenvalue weighted by atomic mass is 79.9. The maximum Gasteiger partial charge on any atom is 0.0294 e. The Kier molecular flexibility index (Phi) is 4.46. The van der Waals surface area contributed by atoms with Crippen molar-refractivity contribution in [1.29, 1.82) is 0 Å². The zero-order chi connectivity index (χ0) is 14.8. The van der Waals surface area contributed by atoms with Gasteiger partial charge in [0.2, 0.25) is 0 Å². The molecule has 0 amide bonds. The topological polar surface area (TPSA) is 12.0 Å². The lowest BCUT2D eigenvalue weighted by molar-refractivity contribution is 0.413. The number of aryl methyl sites for hydroxylation is 2. The molecule has 1 aliphatic carbocycles. The van der Waals surface area contributed by atoms with Gasteiger partial charge in [-0.2, -0.15) is 0 Å². The summed E-state index contributed by atoms with van der Waals surface area (Å²) in [4.78, 5) is 0. The van der Waals surface area contributed by atoms with Crippen LogP contribution in [0.1, 0.15) is 41.6 Å². The number of nitrogens with one attached hydrogen (secondary N) is 1. The Hall–Kier alpha value is -1.12. The first-order chi connectivity index (χ1) is 10.1. The van der Waals surface area contributed by atoms with Gasteiger partial charge in [-0.1, -0.05) is 52.3 Å². The lowest BCUT2D eigenvalue weighted by Gasteiger charge is -2.29. The molecule has 2 atom stereocenters. The van der Waals surface area contributed by atoms with Crippen molar-refractivity contribution < 1.29 is 0 Å². The molecule has 0 saturated carbocycles. The molecule has 2 heteroatoms. The summed E-state index contributed by atoms with van der Waals surface area (Å²) in [5.41, 5.74) is 5.73. The van der Waals surface area contributed by atoms with E-state index in [4.69, 9.17) is 0 Å². The number of halogens is 1. The van der Waals surface area contributed by atoms with Crippen LogP contribution >= 0.6 is 15.9 Å². The van der Waals surface area contributed by atoms with Crippen LogP contribution in [0.3, 0.4) is 0 Å². The maximum absolute atomic E-state index is 3.80. The molecule has 0 spiro atoms. The third-order valence-corrected chi connectivity index (χ3v) is 5.35. The fourth-order valence-electron chi connectivity index (χ4n) is 3.24. The van der Waals surface area contributed by atoms with E-state index in [-0.39, 0.29) is 0 Å². The van der Waals surface area contributed by atoms with Crippen molar-refractivity contribution in [2.75, 3.05) is 0 Å². The quantitative estimate of drug-likeness (QED) is 0.829. The average molecular weight is 344 g/mol. The standard InChI is InChI=1S/C19H22BrN/c1-13-10-17-11-18(9-8-16(17)12-19(13)20)21-14(2)15-6-4-3-5-7-15/h3-7,10,12,14,18,21H,8-9,11H2,1-2H3/t14-,18-/m0/s1. The van der Waals surface area contributed by atoms with Crippen LogP contribution in [0.5, 0.6) is 0 Å². The van der Waals surface area contributed by atoms with E-state index < -0.39 is 0 Å². The summed E-state index contributed by atoms with van der Waals surface area (Å²) < 4.78 is 1.24. The zero-order valence-corrected chi connectivity index (χ0v) is 14.3. The van der Waals surface area contributed by atoms with E-state index >= 15 is 0 Å². The van der Waals surface area contributed by atoms with Crippen LogP contribution in [0, 0.1) is 6.92 Å². The maximum atomic E-state index is 3.80. The van der Waals surface area contributed by atoms with Crippen molar-refractivity contribution in [3.05, 3.63) is 69.2 Å². The Morgan fingerprint density at radius 3 is 2.67 bits per heavy atom. The summed E-state index contributed by atoms with van der Waals surface area (Å²) in [6.45, 7) is 4.44. The minimum Gasteiger partial charge on any atom is -0.307 e. The summed E-state index contributed by atoms with van der Waals surface area (Å²) in [6, 6.07) is 16.4. The molecule has 0 bridgehead atoms. The van der Waals surface area contributed by atoms with Crippen molar-refractivity contribution >= 4 is 15.9 Å². The molecule has 1 nitrogen and oxygen atoms in total. The van der Waals surface area contributed by atoms with Gasteiger partial charge < -0.3 is 5.32 Å². The van der Waals surface area contributed by atoms with Crippen LogP contribution in [-0.2, 0) is 12.8 Å². The molecular formula is C19H22BrN. The smallest absolute Gasteiger partial charge is 0.0294 e. The normalized spacial score (nSPS) is 19.1. The van der Waals surface area contributed by atoms with Gasteiger partial charge in [-0.25, -0.2) is 0 Å². The summed E-state index contributed by atoms with van der Waals surface area (Å²) in [5, 5.41) is 3.80. The molecule has 110 valence electrons. The third kappa shape index (κ3) is 3.38. The lowest BCUT2D eigenvalue weighted by atomic mass is 9.87. The SMILES string of the molecule is Cc1cc2c(cc1Br)CC[C@H](N[C@@H](C)c1ccccc1)C2. The minimum absolute atomic E-state index is 0.411. The van der Waals surface area contributed by atoms with Crippen LogP contribution in [-0.4, -0.2) is 6.04 Å². The van der Waals surface area contributed by atoms with E-state index in [0.29, 0.717) is 12.1 Å². The van der Waals surface area contributed by atoms with Crippen molar-refractivity contribution in [3.63, 3.8) is 0 Å². The van der Waals surface area contributed by atoms with Gasteiger partial charge in [0, 0.05) is 16.6 Å². The second-order valence-electron chi connectivity index (χ2n) is 6.11. The lowest BCUT2D eigenvalue weighted by Crippen LogP contribution is -2.36. The molecule has 0 heterocycles. The van der Waals surface area contributed by atoms with Crippen LogP contribution in [0.15, 0.2) is 46.9 Å². The Morgan fingerprint density at radius 2 is 1.90 bits per heavy atom. The van der Waals surface area contributed by atoms with Gasteiger partial charge in [-0.15, -0.1) is 0 Å². The van der Waals surface area contributed by atoms with Gasteiger partial charge >= 0.3 is 0 Å². The number of hydrogen-bond acceptors (Lipinski definition) is 1. The fourth-order valence-corrected chi connectivity index (χ4v) is 3.63. The predicted octanol–water partition coefficient (Wildman–Crippen LogP) is 4.97. The monoisotopic (exact) mass is 343 g/mol. The Labute approximate surface area is 135 Å². The minimum atomic E-state index is 0.411. The van der Waals surface area contributed by atoms with Crippen LogP contribution in [0.2, 0.25) is 0 Å². The Morgan fingerprint density at radius 1 is 1.14 bits per heavy atom. The second kappa shape index (κ2) is 6.33. The van der Waals surface area contributed by atoms with Crippen molar-refractivity contribution in [2.45, 2.75) is 45.2 Å². The second-order valence-corrected chi connectivity index (χ2v) is 6.96. The highest BCUT2D eigenvalue weighted by molar-refractivity contribution is 9.10.